The molecule has 3 heterocycles. The first-order valence-electron chi connectivity index (χ1n) is 12.3. The molecule has 0 bridgehead atoms. The molecule has 1 amide bonds. The van der Waals surface area contributed by atoms with Crippen molar-refractivity contribution in [3.63, 3.8) is 0 Å². The highest BCUT2D eigenvalue weighted by Gasteiger charge is 2.23. The van der Waals surface area contributed by atoms with E-state index in [4.69, 9.17) is 21.1 Å². The summed E-state index contributed by atoms with van der Waals surface area (Å²) in [5.41, 5.74) is 1.76. The van der Waals surface area contributed by atoms with Gasteiger partial charge in [-0.2, -0.15) is 0 Å². The summed E-state index contributed by atoms with van der Waals surface area (Å²) in [5.74, 6) is -0.00256. The molecular formula is C28H26ClFN6O3. The summed E-state index contributed by atoms with van der Waals surface area (Å²) in [6, 6.07) is 11.5. The van der Waals surface area contributed by atoms with Crippen molar-refractivity contribution in [3.05, 3.63) is 84.2 Å². The third-order valence-corrected chi connectivity index (χ3v) is 6.49. The summed E-state index contributed by atoms with van der Waals surface area (Å²) >= 11 is 6.40. The molecule has 1 unspecified atom stereocenters. The van der Waals surface area contributed by atoms with E-state index in [9.17, 15) is 4.79 Å². The van der Waals surface area contributed by atoms with Crippen LogP contribution in [0, 0.1) is 5.82 Å². The normalized spacial score (nSPS) is 15.2. The Morgan fingerprint density at radius 3 is 2.82 bits per heavy atom. The number of fused-ring (bicyclic) bond motifs is 1. The number of hydrogen-bond acceptors (Lipinski definition) is 8. The van der Waals surface area contributed by atoms with Gasteiger partial charge in [0, 0.05) is 36.8 Å². The number of likely N-dealkylation sites (N-methyl/N-ethyl adjacent to an activating group) is 1. The van der Waals surface area contributed by atoms with E-state index in [0.717, 1.165) is 19.5 Å². The van der Waals surface area contributed by atoms with Crippen LogP contribution >= 0.6 is 11.6 Å². The van der Waals surface area contributed by atoms with E-state index in [1.807, 2.05) is 13.1 Å². The number of amides is 1. The molecule has 39 heavy (non-hydrogen) atoms. The molecule has 11 heteroatoms. The number of anilines is 3. The van der Waals surface area contributed by atoms with E-state index in [-0.39, 0.29) is 29.2 Å². The van der Waals surface area contributed by atoms with Crippen molar-refractivity contribution in [2.45, 2.75) is 19.1 Å². The molecule has 2 aromatic carbocycles. The van der Waals surface area contributed by atoms with Crippen LogP contribution in [0.1, 0.15) is 12.1 Å². The van der Waals surface area contributed by atoms with E-state index in [0.29, 0.717) is 33.9 Å². The topological polar surface area (TPSA) is 102 Å². The van der Waals surface area contributed by atoms with Crippen molar-refractivity contribution in [1.29, 1.82) is 0 Å². The molecule has 200 valence electrons. The van der Waals surface area contributed by atoms with Crippen molar-refractivity contribution in [2.24, 2.45) is 0 Å². The lowest BCUT2D eigenvalue weighted by atomic mass is 10.1. The van der Waals surface area contributed by atoms with Gasteiger partial charge >= 0.3 is 0 Å². The van der Waals surface area contributed by atoms with Crippen LogP contribution in [0.2, 0.25) is 5.02 Å². The standard InChI is InChI=1S/C28H26ClFN6O3/c1-3-27(37)34-24-10-19-22(13-26(24)39-18-7-9-36(2)14-18)32-16-33-28(19)35-23-11-20(29)25(12-21(23)30)38-15-17-6-4-5-8-31-17/h3-6,8,10-13,16,18H,1,7,9,14-15H2,2H3,(H,34,37)(H,32,33,35). The predicted molar refractivity (Wildman–Crippen MR) is 148 cm³/mol. The summed E-state index contributed by atoms with van der Waals surface area (Å²) in [4.78, 5) is 27.2. The number of benzene rings is 2. The van der Waals surface area contributed by atoms with E-state index >= 15 is 4.39 Å². The van der Waals surface area contributed by atoms with Gasteiger partial charge < -0.3 is 25.0 Å². The molecule has 0 aliphatic carbocycles. The molecule has 5 rings (SSSR count). The number of nitrogens with one attached hydrogen (secondary N) is 2. The fourth-order valence-electron chi connectivity index (χ4n) is 4.23. The lowest BCUT2D eigenvalue weighted by Gasteiger charge is -2.18. The third-order valence-electron chi connectivity index (χ3n) is 6.20. The number of pyridine rings is 1. The van der Waals surface area contributed by atoms with E-state index < -0.39 is 11.7 Å². The Morgan fingerprint density at radius 2 is 2.08 bits per heavy atom. The van der Waals surface area contributed by atoms with Gasteiger partial charge in [-0.25, -0.2) is 14.4 Å². The Balaban J connectivity index is 1.43. The van der Waals surface area contributed by atoms with Gasteiger partial charge in [-0.1, -0.05) is 24.2 Å². The molecule has 2 aromatic heterocycles. The molecule has 9 nitrogen and oxygen atoms in total. The van der Waals surface area contributed by atoms with Crippen LogP contribution in [-0.2, 0) is 11.4 Å². The van der Waals surface area contributed by atoms with Gasteiger partial charge in [0.1, 0.15) is 42.2 Å². The zero-order chi connectivity index (χ0) is 27.4. The average molecular weight is 549 g/mol. The smallest absolute Gasteiger partial charge is 0.247 e. The predicted octanol–water partition coefficient (Wildman–Crippen LogP) is 5.35. The second kappa shape index (κ2) is 11.6. The largest absolute Gasteiger partial charge is 0.487 e. The number of carbonyl (C=O) groups is 1. The molecule has 1 saturated heterocycles. The van der Waals surface area contributed by atoms with Gasteiger partial charge in [0.2, 0.25) is 5.91 Å². The van der Waals surface area contributed by atoms with Crippen molar-refractivity contribution in [3.8, 4) is 11.5 Å². The second-order valence-electron chi connectivity index (χ2n) is 9.07. The number of hydrogen-bond donors (Lipinski definition) is 2. The molecule has 4 aromatic rings. The van der Waals surface area contributed by atoms with Crippen molar-refractivity contribution in [2.75, 3.05) is 30.8 Å². The van der Waals surface area contributed by atoms with Crippen LogP contribution in [0.25, 0.3) is 10.9 Å². The quantitative estimate of drug-likeness (QED) is 0.270. The van der Waals surface area contributed by atoms with Gasteiger partial charge in [0.05, 0.1) is 27.6 Å². The highest BCUT2D eigenvalue weighted by molar-refractivity contribution is 6.32. The molecule has 2 N–H and O–H groups in total. The first-order valence-corrected chi connectivity index (χ1v) is 12.6. The molecule has 1 atom stereocenters. The fraction of sp³-hybridized carbons (Fsp3) is 0.214. The summed E-state index contributed by atoms with van der Waals surface area (Å²) in [7, 11) is 2.03. The summed E-state index contributed by atoms with van der Waals surface area (Å²) in [5, 5.41) is 6.53. The maximum absolute atomic E-state index is 15.1. The molecule has 0 spiro atoms. The number of halogens is 2. The maximum Gasteiger partial charge on any atom is 0.247 e. The zero-order valence-electron chi connectivity index (χ0n) is 21.2. The number of aromatic nitrogens is 3. The van der Waals surface area contributed by atoms with Crippen LogP contribution in [0.4, 0.5) is 21.6 Å². The summed E-state index contributed by atoms with van der Waals surface area (Å²) in [6.45, 7) is 5.36. The number of nitrogens with zero attached hydrogens (tertiary/aromatic N) is 4. The molecule has 0 radical (unpaired) electrons. The van der Waals surface area contributed by atoms with Gasteiger partial charge in [-0.3, -0.25) is 9.78 Å². The fourth-order valence-corrected chi connectivity index (χ4v) is 4.45. The van der Waals surface area contributed by atoms with Crippen LogP contribution in [0.3, 0.4) is 0 Å². The van der Waals surface area contributed by atoms with E-state index in [2.05, 4.69) is 37.1 Å². The summed E-state index contributed by atoms with van der Waals surface area (Å²) < 4.78 is 27.0. The summed E-state index contributed by atoms with van der Waals surface area (Å²) in [6.07, 6.45) is 5.02. The minimum atomic E-state index is -0.590. The third kappa shape index (κ3) is 6.24. The molecular weight excluding hydrogens is 523 g/mol. The second-order valence-corrected chi connectivity index (χ2v) is 9.48. The van der Waals surface area contributed by atoms with Crippen LogP contribution in [0.15, 0.2) is 67.6 Å². The molecule has 0 saturated carbocycles. The first-order chi connectivity index (χ1) is 18.9. The number of ether oxygens (including phenoxy) is 2. The van der Waals surface area contributed by atoms with E-state index in [1.54, 1.807) is 30.5 Å². The Kier molecular flexibility index (Phi) is 7.85. The average Bonchev–Trinajstić information content (AvgIpc) is 3.35. The zero-order valence-corrected chi connectivity index (χ0v) is 21.9. The van der Waals surface area contributed by atoms with Crippen LogP contribution < -0.4 is 20.1 Å². The van der Waals surface area contributed by atoms with Crippen LogP contribution in [0.5, 0.6) is 11.5 Å². The highest BCUT2D eigenvalue weighted by Crippen LogP contribution is 2.37. The molecule has 1 aliphatic heterocycles. The Hall–Kier alpha value is -4.28. The number of carbonyl (C=O) groups excluding carboxylic acids is 1. The Bertz CT molecular complexity index is 1520. The SMILES string of the molecule is C=CC(=O)Nc1cc2c(Nc3cc(Cl)c(OCc4ccccn4)cc3F)ncnc2cc1OC1CCN(C)C1. The minimum absolute atomic E-state index is 0.0269. The lowest BCUT2D eigenvalue weighted by Crippen LogP contribution is -2.22. The lowest BCUT2D eigenvalue weighted by molar-refractivity contribution is -0.111. The first kappa shape index (κ1) is 26.3. The minimum Gasteiger partial charge on any atom is -0.487 e. The highest BCUT2D eigenvalue weighted by atomic mass is 35.5. The van der Waals surface area contributed by atoms with E-state index in [1.165, 1.54) is 24.5 Å². The Morgan fingerprint density at radius 1 is 1.21 bits per heavy atom. The van der Waals surface area contributed by atoms with Gasteiger partial charge in [-0.05, 0) is 43.8 Å². The van der Waals surface area contributed by atoms with Gasteiger partial charge in [-0.15, -0.1) is 0 Å². The number of likely N-dealkylation sites (tertiary alicyclic amines) is 1. The molecule has 1 aliphatic rings. The number of rotatable bonds is 9. The monoisotopic (exact) mass is 548 g/mol. The van der Waals surface area contributed by atoms with Crippen molar-refractivity contribution in [1.82, 2.24) is 19.9 Å². The molecule has 1 fully saturated rings. The van der Waals surface area contributed by atoms with Crippen molar-refractivity contribution < 1.29 is 18.7 Å². The van der Waals surface area contributed by atoms with Gasteiger partial charge in [0.15, 0.2) is 0 Å². The Labute approximate surface area is 229 Å². The maximum atomic E-state index is 15.1. The van der Waals surface area contributed by atoms with Crippen LogP contribution in [-0.4, -0.2) is 52.0 Å². The van der Waals surface area contributed by atoms with Crippen molar-refractivity contribution >= 4 is 45.6 Å². The van der Waals surface area contributed by atoms with Gasteiger partial charge in [0.25, 0.3) is 0 Å².